The Labute approximate surface area is 137 Å². The molecule has 0 saturated carbocycles. The summed E-state index contributed by atoms with van der Waals surface area (Å²) in [7, 11) is 0. The summed E-state index contributed by atoms with van der Waals surface area (Å²) in [6.45, 7) is 4.14. The topological polar surface area (TPSA) is 64.0 Å². The lowest BCUT2D eigenvalue weighted by Gasteiger charge is -2.48. The van der Waals surface area contributed by atoms with Crippen molar-refractivity contribution in [1.82, 2.24) is 9.80 Å². The minimum Gasteiger partial charge on any atom is -0.508 e. The van der Waals surface area contributed by atoms with Crippen LogP contribution in [0.15, 0.2) is 24.3 Å². The molecule has 0 radical (unpaired) electrons. The fourth-order valence-corrected chi connectivity index (χ4v) is 4.12. The van der Waals surface area contributed by atoms with Gasteiger partial charge in [-0.1, -0.05) is 12.1 Å². The molecule has 2 fully saturated rings. The van der Waals surface area contributed by atoms with Crippen LogP contribution in [0.25, 0.3) is 0 Å². The number of hydrogen-bond donors (Lipinski definition) is 2. The maximum Gasteiger partial charge on any atom is 0.222 e. The van der Waals surface area contributed by atoms with Crippen LogP contribution in [0.3, 0.4) is 0 Å². The van der Waals surface area contributed by atoms with Gasteiger partial charge in [-0.25, -0.2) is 0 Å². The van der Waals surface area contributed by atoms with E-state index in [1.54, 1.807) is 6.07 Å². The molecule has 1 aromatic carbocycles. The van der Waals surface area contributed by atoms with Crippen molar-refractivity contribution in [2.75, 3.05) is 32.8 Å². The van der Waals surface area contributed by atoms with Crippen LogP contribution in [0, 0.1) is 5.41 Å². The Bertz CT molecular complexity index is 563. The van der Waals surface area contributed by atoms with Crippen LogP contribution >= 0.6 is 0 Å². The summed E-state index contributed by atoms with van der Waals surface area (Å²) in [6.07, 6.45) is 3.84. The third-order valence-corrected chi connectivity index (χ3v) is 5.18. The molecule has 5 nitrogen and oxygen atoms in total. The number of β-amino-alcohol motifs (C(OH)–C–C–N with tert-alkyl or cyclic N) is 1. The molecule has 0 aromatic heterocycles. The summed E-state index contributed by atoms with van der Waals surface area (Å²) in [5, 5.41) is 18.8. The van der Waals surface area contributed by atoms with Crippen molar-refractivity contribution in [3.05, 3.63) is 29.8 Å². The number of hydrogen-bond acceptors (Lipinski definition) is 4. The highest BCUT2D eigenvalue weighted by atomic mass is 16.3. The Morgan fingerprint density at radius 2 is 2.09 bits per heavy atom. The van der Waals surface area contributed by atoms with E-state index in [2.05, 4.69) is 4.90 Å². The maximum absolute atomic E-state index is 12.0. The normalized spacial score (nSPS) is 26.0. The summed E-state index contributed by atoms with van der Waals surface area (Å²) >= 11 is 0. The molecular formula is C18H26N2O3. The first-order chi connectivity index (χ1) is 11.1. The number of aliphatic hydroxyl groups is 1. The molecule has 0 aliphatic carbocycles. The van der Waals surface area contributed by atoms with Crippen LogP contribution in [-0.2, 0) is 11.3 Å². The Morgan fingerprint density at radius 1 is 1.22 bits per heavy atom. The quantitative estimate of drug-likeness (QED) is 0.885. The second-order valence-electron chi connectivity index (χ2n) is 7.02. The number of phenolic OH excluding ortho intramolecular Hbond substituents is 1. The largest absolute Gasteiger partial charge is 0.508 e. The van der Waals surface area contributed by atoms with E-state index < -0.39 is 0 Å². The third kappa shape index (κ3) is 3.85. The first-order valence-corrected chi connectivity index (χ1v) is 8.49. The molecule has 2 saturated heterocycles. The molecule has 0 bridgehead atoms. The second kappa shape index (κ2) is 6.89. The smallest absolute Gasteiger partial charge is 0.222 e. The number of aliphatic hydroxyl groups excluding tert-OH is 1. The van der Waals surface area contributed by atoms with Crippen molar-refractivity contribution in [2.45, 2.75) is 32.2 Å². The fourth-order valence-electron chi connectivity index (χ4n) is 4.12. The highest BCUT2D eigenvalue weighted by molar-refractivity contribution is 5.77. The van der Waals surface area contributed by atoms with Gasteiger partial charge in [0, 0.05) is 38.0 Å². The van der Waals surface area contributed by atoms with E-state index in [-0.39, 0.29) is 17.9 Å². The number of benzene rings is 1. The minimum absolute atomic E-state index is 0.0365. The summed E-state index contributed by atoms with van der Waals surface area (Å²) in [4.78, 5) is 16.3. The van der Waals surface area contributed by atoms with Gasteiger partial charge >= 0.3 is 0 Å². The molecule has 1 unspecified atom stereocenters. The van der Waals surface area contributed by atoms with Gasteiger partial charge in [0.15, 0.2) is 0 Å². The lowest BCUT2D eigenvalue weighted by molar-refractivity contribution is -0.140. The molecule has 126 valence electrons. The van der Waals surface area contributed by atoms with Gasteiger partial charge in [-0.05, 0) is 43.5 Å². The molecule has 1 spiro atoms. The summed E-state index contributed by atoms with van der Waals surface area (Å²) in [5.41, 5.74) is 1.29. The number of amides is 1. The lowest BCUT2D eigenvalue weighted by atomic mass is 9.73. The predicted octanol–water partition coefficient (Wildman–Crippen LogP) is 1.59. The molecule has 1 aromatic rings. The monoisotopic (exact) mass is 318 g/mol. The van der Waals surface area contributed by atoms with Crippen LogP contribution in [0.4, 0.5) is 0 Å². The van der Waals surface area contributed by atoms with E-state index in [1.807, 2.05) is 23.1 Å². The van der Waals surface area contributed by atoms with Crippen LogP contribution in [0.2, 0.25) is 0 Å². The summed E-state index contributed by atoms with van der Waals surface area (Å²) in [5.74, 6) is 0.487. The predicted molar refractivity (Wildman–Crippen MR) is 88.0 cm³/mol. The molecule has 1 amide bonds. The molecule has 5 heteroatoms. The number of aromatic hydroxyl groups is 1. The number of likely N-dealkylation sites (tertiary alicyclic amines) is 2. The number of nitrogens with zero attached hydrogens (tertiary/aromatic N) is 2. The molecular weight excluding hydrogens is 292 g/mol. The van der Waals surface area contributed by atoms with Crippen molar-refractivity contribution in [1.29, 1.82) is 0 Å². The zero-order valence-electron chi connectivity index (χ0n) is 13.6. The fraction of sp³-hybridized carbons (Fsp3) is 0.611. The van der Waals surface area contributed by atoms with Gasteiger partial charge in [-0.3, -0.25) is 9.69 Å². The second-order valence-corrected chi connectivity index (χ2v) is 7.02. The third-order valence-electron chi connectivity index (χ3n) is 5.18. The number of carbonyl (C=O) groups excluding carboxylic acids is 1. The van der Waals surface area contributed by atoms with Crippen molar-refractivity contribution >= 4 is 5.91 Å². The molecule has 1 atom stereocenters. The number of carbonyl (C=O) groups is 1. The molecule has 23 heavy (non-hydrogen) atoms. The van der Waals surface area contributed by atoms with E-state index in [0.717, 1.165) is 51.0 Å². The van der Waals surface area contributed by atoms with Crippen LogP contribution in [0.1, 0.15) is 31.2 Å². The zero-order valence-corrected chi connectivity index (χ0v) is 13.6. The van der Waals surface area contributed by atoms with Gasteiger partial charge < -0.3 is 15.1 Å². The average molecular weight is 318 g/mol. The Hall–Kier alpha value is -1.59. The lowest BCUT2D eigenvalue weighted by Crippen LogP contribution is -2.54. The Balaban J connectivity index is 1.66. The highest BCUT2D eigenvalue weighted by Crippen LogP contribution is 2.39. The van der Waals surface area contributed by atoms with E-state index in [1.165, 1.54) is 0 Å². The van der Waals surface area contributed by atoms with Gasteiger partial charge in [0.1, 0.15) is 5.75 Å². The maximum atomic E-state index is 12.0. The Kier molecular flexibility index (Phi) is 4.87. The van der Waals surface area contributed by atoms with Crippen LogP contribution < -0.4 is 0 Å². The first-order valence-electron chi connectivity index (χ1n) is 8.49. The number of phenols is 1. The van der Waals surface area contributed by atoms with Crippen LogP contribution in [-0.4, -0.2) is 58.7 Å². The molecule has 3 rings (SSSR count). The van der Waals surface area contributed by atoms with E-state index >= 15 is 0 Å². The highest BCUT2D eigenvalue weighted by Gasteiger charge is 2.41. The first kappa shape index (κ1) is 16.3. The summed E-state index contributed by atoms with van der Waals surface area (Å²) in [6, 6.07) is 7.44. The molecule has 2 aliphatic heterocycles. The number of rotatable bonds is 4. The summed E-state index contributed by atoms with van der Waals surface area (Å²) < 4.78 is 0. The van der Waals surface area contributed by atoms with Gasteiger partial charge in [0.05, 0.1) is 6.61 Å². The van der Waals surface area contributed by atoms with Gasteiger partial charge in [0.25, 0.3) is 0 Å². The van der Waals surface area contributed by atoms with Gasteiger partial charge in [0.2, 0.25) is 5.91 Å². The molecule has 2 aliphatic rings. The molecule has 2 heterocycles. The van der Waals surface area contributed by atoms with E-state index in [9.17, 15) is 9.90 Å². The zero-order chi connectivity index (χ0) is 16.3. The van der Waals surface area contributed by atoms with Gasteiger partial charge in [-0.15, -0.1) is 0 Å². The SMILES string of the molecule is O=C1CCC2(CCCN(Cc3cccc(O)c3)C2)CN1CCO. The van der Waals surface area contributed by atoms with Crippen molar-refractivity contribution in [3.63, 3.8) is 0 Å². The standard InChI is InChI=1S/C18H26N2O3/c21-10-9-20-14-18(7-5-17(20)23)6-2-8-19(13-18)12-15-3-1-4-16(22)11-15/h1,3-4,11,21-22H,2,5-10,12-14H2. The van der Waals surface area contributed by atoms with Crippen molar-refractivity contribution < 1.29 is 15.0 Å². The Morgan fingerprint density at radius 3 is 2.87 bits per heavy atom. The van der Waals surface area contributed by atoms with Gasteiger partial charge in [-0.2, -0.15) is 0 Å². The van der Waals surface area contributed by atoms with E-state index in [0.29, 0.717) is 18.7 Å². The van der Waals surface area contributed by atoms with Crippen LogP contribution in [0.5, 0.6) is 5.75 Å². The van der Waals surface area contributed by atoms with Crippen molar-refractivity contribution in [3.8, 4) is 5.75 Å². The number of piperidine rings is 2. The van der Waals surface area contributed by atoms with Crippen molar-refractivity contribution in [2.24, 2.45) is 5.41 Å². The molecule has 2 N–H and O–H groups in total. The van der Waals surface area contributed by atoms with E-state index in [4.69, 9.17) is 5.11 Å². The minimum atomic E-state index is 0.0365. The average Bonchev–Trinajstić information content (AvgIpc) is 2.52.